The Labute approximate surface area is 124 Å². The molecule has 0 saturated heterocycles. The average Bonchev–Trinajstić information content (AvgIpc) is 2.41. The lowest BCUT2D eigenvalue weighted by Gasteiger charge is -2.20. The highest BCUT2D eigenvalue weighted by Gasteiger charge is 2.11. The van der Waals surface area contributed by atoms with Crippen LogP contribution in [0.3, 0.4) is 0 Å². The third kappa shape index (κ3) is 3.60. The Morgan fingerprint density at radius 1 is 1.29 bits per heavy atom. The molecule has 1 heterocycles. The summed E-state index contributed by atoms with van der Waals surface area (Å²) in [6.45, 7) is 9.62. The Bertz CT molecular complexity index is 703. The maximum absolute atomic E-state index is 11.7. The van der Waals surface area contributed by atoms with E-state index in [9.17, 15) is 4.79 Å². The molecule has 112 valence electrons. The van der Waals surface area contributed by atoms with Crippen molar-refractivity contribution in [3.63, 3.8) is 0 Å². The number of benzene rings is 1. The van der Waals surface area contributed by atoms with Gasteiger partial charge in [-0.25, -0.2) is 4.79 Å². The molecular formula is C17H21NO3. The van der Waals surface area contributed by atoms with Crippen molar-refractivity contribution < 1.29 is 9.52 Å². The van der Waals surface area contributed by atoms with Gasteiger partial charge in [0, 0.05) is 31.1 Å². The van der Waals surface area contributed by atoms with E-state index in [4.69, 9.17) is 9.52 Å². The van der Waals surface area contributed by atoms with Crippen LogP contribution < -0.4 is 5.63 Å². The van der Waals surface area contributed by atoms with Crippen molar-refractivity contribution in [2.45, 2.75) is 20.4 Å². The number of aryl methyl sites for hydroxylation is 2. The Morgan fingerprint density at radius 2 is 2.00 bits per heavy atom. The first-order chi connectivity index (χ1) is 10.0. The highest BCUT2D eigenvalue weighted by Crippen LogP contribution is 2.22. The fraction of sp³-hybridized carbons (Fsp3) is 0.353. The molecular weight excluding hydrogens is 266 g/mol. The van der Waals surface area contributed by atoms with E-state index in [2.05, 4.69) is 6.58 Å². The molecule has 21 heavy (non-hydrogen) atoms. The summed E-state index contributed by atoms with van der Waals surface area (Å²) in [4.78, 5) is 13.8. The molecule has 0 aliphatic heterocycles. The van der Waals surface area contributed by atoms with E-state index in [0.717, 1.165) is 22.1 Å². The highest BCUT2D eigenvalue weighted by atomic mass is 16.4. The number of aliphatic hydroxyl groups excluding tert-OH is 1. The molecule has 1 N–H and O–H groups in total. The van der Waals surface area contributed by atoms with Gasteiger partial charge in [-0.3, -0.25) is 4.90 Å². The van der Waals surface area contributed by atoms with Crippen molar-refractivity contribution in [1.82, 2.24) is 4.90 Å². The quantitative estimate of drug-likeness (QED) is 0.655. The van der Waals surface area contributed by atoms with Crippen LogP contribution >= 0.6 is 0 Å². The molecule has 0 bridgehead atoms. The molecule has 0 radical (unpaired) electrons. The molecule has 2 aromatic rings. The first kappa shape index (κ1) is 15.5. The van der Waals surface area contributed by atoms with Crippen LogP contribution in [0.1, 0.15) is 16.7 Å². The van der Waals surface area contributed by atoms with Crippen molar-refractivity contribution >= 4 is 11.0 Å². The largest absolute Gasteiger partial charge is 0.423 e. The third-order valence-corrected chi connectivity index (χ3v) is 3.64. The Kier molecular flexibility index (Phi) is 4.94. The van der Waals surface area contributed by atoms with Crippen LogP contribution in [0.2, 0.25) is 0 Å². The second-order valence-corrected chi connectivity index (χ2v) is 5.27. The first-order valence-electron chi connectivity index (χ1n) is 7.03. The van der Waals surface area contributed by atoms with E-state index in [1.54, 1.807) is 6.08 Å². The van der Waals surface area contributed by atoms with Gasteiger partial charge in [-0.05, 0) is 42.7 Å². The predicted octanol–water partition coefficient (Wildman–Crippen LogP) is 2.39. The SMILES string of the molecule is C=CCN(CCO)Cc1cc(=O)oc2cc(C)c(C)cc12. The molecule has 0 spiro atoms. The third-order valence-electron chi connectivity index (χ3n) is 3.64. The normalized spacial score (nSPS) is 11.2. The fourth-order valence-corrected chi connectivity index (χ4v) is 2.41. The van der Waals surface area contributed by atoms with E-state index in [1.165, 1.54) is 6.07 Å². The lowest BCUT2D eigenvalue weighted by Crippen LogP contribution is -2.27. The van der Waals surface area contributed by atoms with Gasteiger partial charge in [0.2, 0.25) is 0 Å². The minimum atomic E-state index is -0.344. The number of nitrogens with zero attached hydrogens (tertiary/aromatic N) is 1. The summed E-state index contributed by atoms with van der Waals surface area (Å²) in [5, 5.41) is 10.1. The Morgan fingerprint density at radius 3 is 2.67 bits per heavy atom. The zero-order valence-corrected chi connectivity index (χ0v) is 12.6. The van der Waals surface area contributed by atoms with Gasteiger partial charge in [0.1, 0.15) is 5.58 Å². The number of hydrogen-bond acceptors (Lipinski definition) is 4. The summed E-state index contributed by atoms with van der Waals surface area (Å²) in [5.74, 6) is 0. The van der Waals surface area contributed by atoms with E-state index >= 15 is 0 Å². The lowest BCUT2D eigenvalue weighted by atomic mass is 10.0. The van der Waals surface area contributed by atoms with Crippen LogP contribution in [0.15, 0.2) is 40.1 Å². The van der Waals surface area contributed by atoms with E-state index in [1.807, 2.05) is 30.9 Å². The summed E-state index contributed by atoms with van der Waals surface area (Å²) in [5.41, 5.74) is 3.45. The highest BCUT2D eigenvalue weighted by molar-refractivity contribution is 5.81. The standard InChI is InChI=1S/C17H21NO3/c1-4-5-18(6-7-19)11-14-10-17(20)21-16-9-13(3)12(2)8-15(14)16/h4,8-10,19H,1,5-7,11H2,2-3H3. The van der Waals surface area contributed by atoms with Crippen LogP contribution in [0, 0.1) is 13.8 Å². The van der Waals surface area contributed by atoms with Crippen LogP contribution in [-0.2, 0) is 6.54 Å². The van der Waals surface area contributed by atoms with Crippen LogP contribution in [0.5, 0.6) is 0 Å². The van der Waals surface area contributed by atoms with Gasteiger partial charge >= 0.3 is 5.63 Å². The number of hydrogen-bond donors (Lipinski definition) is 1. The van der Waals surface area contributed by atoms with Crippen molar-refractivity contribution in [3.05, 3.63) is 58.0 Å². The van der Waals surface area contributed by atoms with Crippen molar-refractivity contribution in [3.8, 4) is 0 Å². The van der Waals surface area contributed by atoms with Gasteiger partial charge in [-0.15, -0.1) is 6.58 Å². The summed E-state index contributed by atoms with van der Waals surface area (Å²) in [6, 6.07) is 5.48. The van der Waals surface area contributed by atoms with E-state index < -0.39 is 0 Å². The zero-order chi connectivity index (χ0) is 15.4. The maximum Gasteiger partial charge on any atom is 0.336 e. The first-order valence-corrected chi connectivity index (χ1v) is 7.03. The molecule has 0 saturated carbocycles. The molecule has 0 aliphatic carbocycles. The summed E-state index contributed by atoms with van der Waals surface area (Å²) in [7, 11) is 0. The predicted molar refractivity (Wildman–Crippen MR) is 84.5 cm³/mol. The Hall–Kier alpha value is -1.91. The molecule has 0 fully saturated rings. The van der Waals surface area contributed by atoms with E-state index in [-0.39, 0.29) is 12.2 Å². The molecule has 0 unspecified atom stereocenters. The molecule has 0 amide bonds. The van der Waals surface area contributed by atoms with Crippen LogP contribution in [0.25, 0.3) is 11.0 Å². The molecule has 4 nitrogen and oxygen atoms in total. The van der Waals surface area contributed by atoms with Crippen molar-refractivity contribution in [1.29, 1.82) is 0 Å². The van der Waals surface area contributed by atoms with E-state index in [0.29, 0.717) is 25.2 Å². The van der Waals surface area contributed by atoms with Gasteiger partial charge in [-0.2, -0.15) is 0 Å². The number of fused-ring (bicyclic) bond motifs is 1. The van der Waals surface area contributed by atoms with Gasteiger partial charge < -0.3 is 9.52 Å². The summed E-state index contributed by atoms with van der Waals surface area (Å²) < 4.78 is 5.30. The van der Waals surface area contributed by atoms with Crippen molar-refractivity contribution in [2.24, 2.45) is 0 Å². The summed E-state index contributed by atoms with van der Waals surface area (Å²) in [6.07, 6.45) is 1.79. The topological polar surface area (TPSA) is 53.7 Å². The van der Waals surface area contributed by atoms with Gasteiger partial charge in [0.25, 0.3) is 0 Å². The second-order valence-electron chi connectivity index (χ2n) is 5.27. The van der Waals surface area contributed by atoms with Gasteiger partial charge in [0.05, 0.1) is 6.61 Å². The molecule has 0 aliphatic rings. The molecule has 1 aromatic heterocycles. The minimum absolute atomic E-state index is 0.0748. The van der Waals surface area contributed by atoms with Crippen LogP contribution in [0.4, 0.5) is 0 Å². The molecule has 0 atom stereocenters. The smallest absolute Gasteiger partial charge is 0.336 e. The van der Waals surface area contributed by atoms with Gasteiger partial charge in [0.15, 0.2) is 0 Å². The molecule has 4 heteroatoms. The monoisotopic (exact) mass is 287 g/mol. The lowest BCUT2D eigenvalue weighted by molar-refractivity contribution is 0.203. The number of aliphatic hydroxyl groups is 1. The average molecular weight is 287 g/mol. The van der Waals surface area contributed by atoms with Gasteiger partial charge in [-0.1, -0.05) is 6.08 Å². The fourth-order valence-electron chi connectivity index (χ4n) is 2.41. The van der Waals surface area contributed by atoms with Crippen molar-refractivity contribution in [2.75, 3.05) is 19.7 Å². The Balaban J connectivity index is 2.49. The van der Waals surface area contributed by atoms with Crippen LogP contribution in [-0.4, -0.2) is 29.7 Å². The zero-order valence-electron chi connectivity index (χ0n) is 12.6. The molecule has 2 rings (SSSR count). The second kappa shape index (κ2) is 6.70. The molecule has 1 aromatic carbocycles. The number of rotatable bonds is 6. The minimum Gasteiger partial charge on any atom is -0.423 e. The summed E-state index contributed by atoms with van der Waals surface area (Å²) >= 11 is 0. The maximum atomic E-state index is 11.7.